The molecule has 0 atom stereocenters. The molecule has 0 unspecified atom stereocenters. The first-order valence-corrected chi connectivity index (χ1v) is 8.18. The van der Waals surface area contributed by atoms with Crippen LogP contribution in [-0.2, 0) is 0 Å². The second-order valence-corrected chi connectivity index (χ2v) is 5.72. The van der Waals surface area contributed by atoms with Crippen molar-refractivity contribution in [1.82, 2.24) is 15.2 Å². The number of nitrogens with one attached hydrogen (secondary N) is 2. The minimum atomic E-state index is 0.404. The Hall–Kier alpha value is -3.15. The van der Waals surface area contributed by atoms with Crippen molar-refractivity contribution in [3.63, 3.8) is 0 Å². The summed E-state index contributed by atoms with van der Waals surface area (Å²) in [6.45, 7) is 6.66. The maximum atomic E-state index is 5.61. The van der Waals surface area contributed by atoms with Crippen LogP contribution in [0.4, 0.5) is 23.1 Å². The third-order valence-corrected chi connectivity index (χ3v) is 3.49. The van der Waals surface area contributed by atoms with Gasteiger partial charge < -0.3 is 15.4 Å². The number of ether oxygens (including phenoxy) is 1. The lowest BCUT2D eigenvalue weighted by atomic mass is 10.1. The molecule has 1 aromatic heterocycles. The van der Waals surface area contributed by atoms with Crippen LogP contribution in [0.1, 0.15) is 18.1 Å². The van der Waals surface area contributed by atoms with E-state index in [9.17, 15) is 0 Å². The van der Waals surface area contributed by atoms with Crippen molar-refractivity contribution in [2.45, 2.75) is 20.8 Å². The van der Waals surface area contributed by atoms with Crippen LogP contribution >= 0.6 is 0 Å². The first-order chi connectivity index (χ1) is 12.1. The average Bonchev–Trinajstić information content (AvgIpc) is 2.56. The normalized spacial score (nSPS) is 10.4. The number of hydrogen-bond acceptors (Lipinski definition) is 6. The molecule has 3 rings (SSSR count). The monoisotopic (exact) mass is 335 g/mol. The average molecular weight is 335 g/mol. The molecule has 0 aliphatic heterocycles. The van der Waals surface area contributed by atoms with Crippen molar-refractivity contribution >= 4 is 23.1 Å². The van der Waals surface area contributed by atoms with E-state index in [1.165, 1.54) is 11.1 Å². The highest BCUT2D eigenvalue weighted by Gasteiger charge is 2.06. The number of rotatable bonds is 6. The standard InChI is InChI=1S/C19H21N5O/c1-4-25-17-8-6-5-7-16(17)22-19-23-18(12-20-24-19)21-15-10-13(2)9-14(3)11-15/h5-12H,4H2,1-3H3,(H2,21,22,23,24). The molecule has 1 heterocycles. The highest BCUT2D eigenvalue weighted by Crippen LogP contribution is 2.26. The molecule has 0 fully saturated rings. The second-order valence-electron chi connectivity index (χ2n) is 5.72. The lowest BCUT2D eigenvalue weighted by Gasteiger charge is -2.12. The number of benzene rings is 2. The van der Waals surface area contributed by atoms with Crippen LogP contribution in [0.2, 0.25) is 0 Å². The highest BCUT2D eigenvalue weighted by atomic mass is 16.5. The molecule has 0 aliphatic rings. The Morgan fingerprint density at radius 3 is 2.52 bits per heavy atom. The summed E-state index contributed by atoms with van der Waals surface area (Å²) >= 11 is 0. The Balaban J connectivity index is 1.80. The maximum absolute atomic E-state index is 5.61. The summed E-state index contributed by atoms with van der Waals surface area (Å²) in [5.41, 5.74) is 4.15. The lowest BCUT2D eigenvalue weighted by Crippen LogP contribution is -2.04. The summed E-state index contributed by atoms with van der Waals surface area (Å²) in [7, 11) is 0. The predicted octanol–water partition coefficient (Wildman–Crippen LogP) is 4.37. The van der Waals surface area contributed by atoms with Crippen molar-refractivity contribution in [2.24, 2.45) is 0 Å². The molecule has 0 aliphatic carbocycles. The van der Waals surface area contributed by atoms with Gasteiger partial charge in [0.1, 0.15) is 5.75 Å². The van der Waals surface area contributed by atoms with Gasteiger partial charge in [-0.1, -0.05) is 18.2 Å². The van der Waals surface area contributed by atoms with Crippen LogP contribution in [0.3, 0.4) is 0 Å². The molecule has 0 amide bonds. The Morgan fingerprint density at radius 2 is 1.76 bits per heavy atom. The molecule has 2 aromatic carbocycles. The van der Waals surface area contributed by atoms with E-state index in [1.807, 2.05) is 31.2 Å². The van der Waals surface area contributed by atoms with Gasteiger partial charge in [0.05, 0.1) is 18.5 Å². The largest absolute Gasteiger partial charge is 0.492 e. The van der Waals surface area contributed by atoms with Crippen LogP contribution in [0.5, 0.6) is 5.75 Å². The summed E-state index contributed by atoms with van der Waals surface area (Å²) in [5, 5.41) is 14.5. The summed E-state index contributed by atoms with van der Waals surface area (Å²) in [6, 6.07) is 13.9. The SMILES string of the molecule is CCOc1ccccc1Nc1nncc(Nc2cc(C)cc(C)c2)n1. The second kappa shape index (κ2) is 7.61. The van der Waals surface area contributed by atoms with Gasteiger partial charge >= 0.3 is 0 Å². The Labute approximate surface area is 147 Å². The zero-order valence-corrected chi connectivity index (χ0v) is 14.6. The van der Waals surface area contributed by atoms with Crippen LogP contribution in [0, 0.1) is 13.8 Å². The molecule has 128 valence electrons. The number of hydrogen-bond donors (Lipinski definition) is 2. The summed E-state index contributed by atoms with van der Waals surface area (Å²) in [6.07, 6.45) is 1.59. The van der Waals surface area contributed by atoms with Gasteiger partial charge in [-0.15, -0.1) is 5.10 Å². The van der Waals surface area contributed by atoms with Gasteiger partial charge in [-0.3, -0.25) is 0 Å². The van der Waals surface area contributed by atoms with Gasteiger partial charge in [-0.2, -0.15) is 10.1 Å². The van der Waals surface area contributed by atoms with Crippen LogP contribution < -0.4 is 15.4 Å². The van der Waals surface area contributed by atoms with E-state index in [-0.39, 0.29) is 0 Å². The van der Waals surface area contributed by atoms with Crippen molar-refractivity contribution in [3.8, 4) is 5.75 Å². The zero-order chi connectivity index (χ0) is 17.6. The van der Waals surface area contributed by atoms with E-state index < -0.39 is 0 Å². The van der Waals surface area contributed by atoms with Gasteiger partial charge in [0.25, 0.3) is 0 Å². The fourth-order valence-electron chi connectivity index (χ4n) is 2.58. The van der Waals surface area contributed by atoms with Gasteiger partial charge in [0, 0.05) is 5.69 Å². The van der Waals surface area contributed by atoms with Crippen molar-refractivity contribution in [1.29, 1.82) is 0 Å². The van der Waals surface area contributed by atoms with Crippen molar-refractivity contribution < 1.29 is 4.74 Å². The first kappa shape index (κ1) is 16.7. The van der Waals surface area contributed by atoms with Gasteiger partial charge in [-0.25, -0.2) is 0 Å². The van der Waals surface area contributed by atoms with Crippen molar-refractivity contribution in [3.05, 3.63) is 59.8 Å². The molecule has 6 nitrogen and oxygen atoms in total. The molecule has 3 aromatic rings. The molecule has 2 N–H and O–H groups in total. The predicted molar refractivity (Wildman–Crippen MR) is 99.9 cm³/mol. The number of aromatic nitrogens is 3. The minimum absolute atomic E-state index is 0.404. The van der Waals surface area contributed by atoms with E-state index in [4.69, 9.17) is 4.74 Å². The van der Waals surface area contributed by atoms with Crippen LogP contribution in [0.15, 0.2) is 48.7 Å². The van der Waals surface area contributed by atoms with E-state index in [0.717, 1.165) is 17.1 Å². The lowest BCUT2D eigenvalue weighted by molar-refractivity contribution is 0.342. The Kier molecular flexibility index (Phi) is 5.09. The Morgan fingerprint density at radius 1 is 1.00 bits per heavy atom. The third-order valence-electron chi connectivity index (χ3n) is 3.49. The molecule has 25 heavy (non-hydrogen) atoms. The summed E-state index contributed by atoms with van der Waals surface area (Å²) < 4.78 is 5.61. The minimum Gasteiger partial charge on any atom is -0.492 e. The van der Waals surface area contributed by atoms with Gasteiger partial charge in [0.2, 0.25) is 5.95 Å². The molecule has 0 radical (unpaired) electrons. The van der Waals surface area contributed by atoms with E-state index in [1.54, 1.807) is 6.20 Å². The molecule has 6 heteroatoms. The smallest absolute Gasteiger partial charge is 0.249 e. The van der Waals surface area contributed by atoms with Crippen LogP contribution in [0.25, 0.3) is 0 Å². The Bertz CT molecular complexity index is 846. The highest BCUT2D eigenvalue weighted by molar-refractivity contribution is 5.64. The molecular weight excluding hydrogens is 314 g/mol. The quantitative estimate of drug-likeness (QED) is 0.697. The van der Waals surface area contributed by atoms with E-state index in [2.05, 4.69) is 57.9 Å². The molecule has 0 bridgehead atoms. The number of nitrogens with zero attached hydrogens (tertiary/aromatic N) is 3. The molecule has 0 spiro atoms. The van der Waals surface area contributed by atoms with Gasteiger partial charge in [0.15, 0.2) is 5.82 Å². The summed E-state index contributed by atoms with van der Waals surface area (Å²) in [4.78, 5) is 4.47. The molecular formula is C19H21N5O. The van der Waals surface area contributed by atoms with Crippen LogP contribution in [-0.4, -0.2) is 21.8 Å². The molecule has 0 saturated carbocycles. The fourth-order valence-corrected chi connectivity index (χ4v) is 2.58. The van der Waals surface area contributed by atoms with Crippen molar-refractivity contribution in [2.75, 3.05) is 17.2 Å². The zero-order valence-electron chi connectivity index (χ0n) is 14.6. The number of aryl methyl sites for hydroxylation is 2. The van der Waals surface area contributed by atoms with E-state index >= 15 is 0 Å². The first-order valence-electron chi connectivity index (χ1n) is 8.18. The number of para-hydroxylation sites is 2. The topological polar surface area (TPSA) is 72.0 Å². The fraction of sp³-hybridized carbons (Fsp3) is 0.211. The van der Waals surface area contributed by atoms with Gasteiger partial charge in [-0.05, 0) is 56.2 Å². The van der Waals surface area contributed by atoms with E-state index in [0.29, 0.717) is 18.4 Å². The number of anilines is 4. The molecule has 0 saturated heterocycles. The summed E-state index contributed by atoms with van der Waals surface area (Å²) in [5.74, 6) is 1.78. The third kappa shape index (κ3) is 4.44. The maximum Gasteiger partial charge on any atom is 0.249 e.